The van der Waals surface area contributed by atoms with Gasteiger partial charge in [-0.05, 0) is 49.7 Å². The summed E-state index contributed by atoms with van der Waals surface area (Å²) in [6.07, 6.45) is 7.15. The Morgan fingerprint density at radius 1 is 0.636 bits per heavy atom. The van der Waals surface area contributed by atoms with Crippen LogP contribution in [0.5, 0.6) is 0 Å². The predicted octanol–water partition coefficient (Wildman–Crippen LogP) is 7.67. The Bertz CT molecular complexity index is 1710. The van der Waals surface area contributed by atoms with Crippen molar-refractivity contribution >= 4 is 55.4 Å². The first-order valence-electron chi connectivity index (χ1n) is 12.7. The number of benzene rings is 2. The van der Waals surface area contributed by atoms with Crippen LogP contribution in [0.2, 0.25) is 0 Å². The molecule has 4 aromatic heterocycles. The third-order valence-corrected chi connectivity index (χ3v) is 5.99. The molecule has 0 unspecified atom stereocenters. The quantitative estimate of drug-likeness (QED) is 0.116. The second kappa shape index (κ2) is 20.4. The van der Waals surface area contributed by atoms with Crippen LogP contribution in [0.15, 0.2) is 91.5 Å². The van der Waals surface area contributed by atoms with Crippen molar-refractivity contribution in [3.05, 3.63) is 97.1 Å². The van der Waals surface area contributed by atoms with E-state index < -0.39 is 0 Å². The van der Waals surface area contributed by atoms with Gasteiger partial charge < -0.3 is 10.6 Å². The van der Waals surface area contributed by atoms with E-state index in [-0.39, 0.29) is 65.0 Å². The van der Waals surface area contributed by atoms with Gasteiger partial charge >= 0.3 is 0 Å². The van der Waals surface area contributed by atoms with Crippen LogP contribution < -0.4 is 10.6 Å². The summed E-state index contributed by atoms with van der Waals surface area (Å²) in [6, 6.07) is 22.4. The number of amides is 2. The Balaban J connectivity index is 0. The normalized spacial score (nSPS) is 9.16. The number of fused-ring (bicyclic) bond motifs is 6. The molecule has 6 rings (SSSR count). The molecule has 44 heavy (non-hydrogen) atoms. The van der Waals surface area contributed by atoms with Crippen LogP contribution >= 0.6 is 0 Å². The second-order valence-electron chi connectivity index (χ2n) is 8.69. The van der Waals surface area contributed by atoms with Gasteiger partial charge in [-0.1, -0.05) is 66.1 Å². The number of nitrogens with zero attached hydrogens (tertiary/aromatic N) is 4. The first kappa shape index (κ1) is 41.7. The van der Waals surface area contributed by atoms with E-state index >= 15 is 0 Å². The molecule has 2 aromatic carbocycles. The van der Waals surface area contributed by atoms with Gasteiger partial charge in [0.15, 0.2) is 0 Å². The standard InChI is InChI=1S/C13H10N2.C12H8N2.C6H12N2O2.4CH4.Cu/c1-9-8-10-4-2-6-14-12(10)13-11(9)5-3-7-15-13;1-3-9-5-6-10-4-2-8-14-12(10)11(9)13-7-1;1-3-8-6(10)4-5(9)7-2;;;;;/h2-8H,1H3;1-8H;3-4H2,1-2H3,(H,7,9)(H,8,10);4*1H4;. The van der Waals surface area contributed by atoms with Crippen molar-refractivity contribution in [1.82, 2.24) is 30.6 Å². The Kier molecular flexibility index (Phi) is 19.4. The molecule has 8 nitrogen and oxygen atoms in total. The number of hydrogen-bond donors (Lipinski definition) is 2. The fourth-order valence-corrected chi connectivity index (χ4v) is 4.13. The van der Waals surface area contributed by atoms with Gasteiger partial charge in [-0.2, -0.15) is 0 Å². The molecule has 4 heterocycles. The van der Waals surface area contributed by atoms with E-state index in [4.69, 9.17) is 0 Å². The van der Waals surface area contributed by atoms with Gasteiger partial charge in [-0.3, -0.25) is 29.5 Å². The summed E-state index contributed by atoms with van der Waals surface area (Å²) in [5.41, 5.74) is 5.18. The Morgan fingerprint density at radius 3 is 1.55 bits per heavy atom. The summed E-state index contributed by atoms with van der Waals surface area (Å²) in [5, 5.41) is 9.48. The van der Waals surface area contributed by atoms with E-state index in [1.807, 2.05) is 43.6 Å². The summed E-state index contributed by atoms with van der Waals surface area (Å²) >= 11 is 0. The third kappa shape index (κ3) is 10.4. The minimum Gasteiger partial charge on any atom is -0.359 e. The van der Waals surface area contributed by atoms with Gasteiger partial charge in [-0.25, -0.2) is 0 Å². The van der Waals surface area contributed by atoms with Crippen LogP contribution in [0.3, 0.4) is 0 Å². The van der Waals surface area contributed by atoms with Crippen LogP contribution in [0, 0.1) is 6.92 Å². The maximum atomic E-state index is 10.6. The summed E-state index contributed by atoms with van der Waals surface area (Å²) in [7, 11) is 1.50. The van der Waals surface area contributed by atoms with Gasteiger partial charge in [0.25, 0.3) is 0 Å². The monoisotopic (exact) mass is 645 g/mol. The number of carbonyl (C=O) groups excluding carboxylic acids is 2. The molecule has 0 atom stereocenters. The zero-order chi connectivity index (χ0) is 27.6. The van der Waals surface area contributed by atoms with Crippen molar-refractivity contribution in [2.45, 2.75) is 50.0 Å². The molecule has 0 aliphatic rings. The molecule has 0 fully saturated rings. The molecular formula is C35H46CuN6O2. The van der Waals surface area contributed by atoms with Crippen LogP contribution in [0.4, 0.5) is 0 Å². The molecule has 0 spiro atoms. The van der Waals surface area contributed by atoms with Crippen molar-refractivity contribution in [3.63, 3.8) is 0 Å². The van der Waals surface area contributed by atoms with Crippen molar-refractivity contribution in [2.75, 3.05) is 13.6 Å². The van der Waals surface area contributed by atoms with Crippen molar-refractivity contribution in [3.8, 4) is 0 Å². The van der Waals surface area contributed by atoms with Gasteiger partial charge in [0.1, 0.15) is 6.42 Å². The Labute approximate surface area is 272 Å². The van der Waals surface area contributed by atoms with Crippen molar-refractivity contribution < 1.29 is 26.7 Å². The number of aryl methyl sites for hydroxylation is 1. The van der Waals surface area contributed by atoms with Gasteiger partial charge in [0.05, 0.1) is 22.1 Å². The zero-order valence-electron chi connectivity index (χ0n) is 22.5. The van der Waals surface area contributed by atoms with Crippen molar-refractivity contribution in [2.24, 2.45) is 0 Å². The fourth-order valence-electron chi connectivity index (χ4n) is 4.13. The average Bonchev–Trinajstić information content (AvgIpc) is 2.98. The minimum atomic E-state index is -0.258. The molecule has 0 saturated carbocycles. The number of nitrogens with one attached hydrogen (secondary N) is 2. The topological polar surface area (TPSA) is 110 Å². The molecule has 0 bridgehead atoms. The maximum absolute atomic E-state index is 10.6. The largest absolute Gasteiger partial charge is 0.359 e. The molecular weight excluding hydrogens is 600 g/mol. The number of rotatable bonds is 3. The van der Waals surface area contributed by atoms with E-state index in [1.165, 1.54) is 18.0 Å². The molecule has 6 aromatic rings. The molecule has 2 N–H and O–H groups in total. The van der Waals surface area contributed by atoms with Gasteiger partial charge in [-0.15, -0.1) is 0 Å². The van der Waals surface area contributed by atoms with E-state index in [1.54, 1.807) is 12.4 Å². The number of hydrogen-bond acceptors (Lipinski definition) is 6. The van der Waals surface area contributed by atoms with Crippen LogP contribution in [-0.2, 0) is 26.7 Å². The van der Waals surface area contributed by atoms with Crippen LogP contribution in [0.25, 0.3) is 43.6 Å². The summed E-state index contributed by atoms with van der Waals surface area (Å²) in [5.74, 6) is -0.493. The van der Waals surface area contributed by atoms with E-state index in [2.05, 4.69) is 80.0 Å². The van der Waals surface area contributed by atoms with Gasteiger partial charge in [0, 0.05) is 77.0 Å². The minimum absolute atomic E-state index is 0. The Morgan fingerprint density at radius 2 is 1.07 bits per heavy atom. The average molecular weight is 646 g/mol. The molecule has 1 radical (unpaired) electrons. The van der Waals surface area contributed by atoms with Crippen LogP contribution in [-0.4, -0.2) is 45.3 Å². The number of carbonyl (C=O) groups is 2. The van der Waals surface area contributed by atoms with E-state index in [9.17, 15) is 9.59 Å². The summed E-state index contributed by atoms with van der Waals surface area (Å²) in [4.78, 5) is 38.7. The molecule has 9 heteroatoms. The van der Waals surface area contributed by atoms with Crippen molar-refractivity contribution in [1.29, 1.82) is 0 Å². The number of aromatic nitrogens is 4. The van der Waals surface area contributed by atoms with E-state index in [0.29, 0.717) is 6.54 Å². The molecule has 0 saturated heterocycles. The molecule has 239 valence electrons. The maximum Gasteiger partial charge on any atom is 0.229 e. The van der Waals surface area contributed by atoms with Crippen LogP contribution in [0.1, 0.15) is 48.6 Å². The number of pyridine rings is 4. The first-order valence-corrected chi connectivity index (χ1v) is 12.7. The van der Waals surface area contributed by atoms with Gasteiger partial charge in [0.2, 0.25) is 11.8 Å². The molecule has 0 aliphatic carbocycles. The van der Waals surface area contributed by atoms with E-state index in [0.717, 1.165) is 38.2 Å². The zero-order valence-corrected chi connectivity index (χ0v) is 23.4. The Hall–Kier alpha value is -4.46. The third-order valence-electron chi connectivity index (χ3n) is 5.99. The smallest absolute Gasteiger partial charge is 0.229 e. The SMILES string of the molecule is C.C.C.C.CCNC(=O)CC(=O)NC.Cc1cc2cccnc2c2ncccc12.[Cu].c1cnc2c(c1)ccc1cccnc12. The predicted molar refractivity (Wildman–Crippen MR) is 183 cm³/mol. The fraction of sp³-hybridized carbons (Fsp3) is 0.257. The second-order valence-corrected chi connectivity index (χ2v) is 8.69. The summed E-state index contributed by atoms with van der Waals surface area (Å²) in [6.45, 7) is 4.48. The molecule has 0 aliphatic heterocycles. The summed E-state index contributed by atoms with van der Waals surface area (Å²) < 4.78 is 0. The molecule has 2 amide bonds. The first-order chi connectivity index (χ1) is 19.0.